The highest BCUT2D eigenvalue weighted by Gasteiger charge is 2.27. The van der Waals surface area contributed by atoms with Gasteiger partial charge >= 0.3 is 5.97 Å². The van der Waals surface area contributed by atoms with Gasteiger partial charge in [-0.2, -0.15) is 0 Å². The van der Waals surface area contributed by atoms with Crippen molar-refractivity contribution in [1.29, 1.82) is 0 Å². The monoisotopic (exact) mass is 307 g/mol. The van der Waals surface area contributed by atoms with Gasteiger partial charge in [-0.15, -0.1) is 0 Å². The lowest BCUT2D eigenvalue weighted by atomic mass is 9.97. The fourth-order valence-electron chi connectivity index (χ4n) is 2.67. The molecule has 6 heteroatoms. The van der Waals surface area contributed by atoms with Crippen molar-refractivity contribution < 1.29 is 13.9 Å². The highest BCUT2D eigenvalue weighted by atomic mass is 16.5. The number of likely N-dealkylation sites (tertiary alicyclic amines) is 1. The fourth-order valence-corrected chi connectivity index (χ4v) is 2.67. The third-order valence-corrected chi connectivity index (χ3v) is 3.86. The summed E-state index contributed by atoms with van der Waals surface area (Å²) in [5.74, 6) is 1.80. The van der Waals surface area contributed by atoms with Gasteiger partial charge in [-0.05, 0) is 31.9 Å². The zero-order chi connectivity index (χ0) is 15.8. The molecule has 2 heterocycles. The maximum absolute atomic E-state index is 11.8. The number of guanidine groups is 1. The average molecular weight is 307 g/mol. The van der Waals surface area contributed by atoms with Crippen LogP contribution in [-0.4, -0.2) is 50.1 Å². The molecule has 0 spiro atoms. The van der Waals surface area contributed by atoms with Gasteiger partial charge in [-0.25, -0.2) is 0 Å². The Labute approximate surface area is 131 Å². The third-order valence-electron chi connectivity index (χ3n) is 3.86. The average Bonchev–Trinajstić information content (AvgIpc) is 3.05. The van der Waals surface area contributed by atoms with Crippen molar-refractivity contribution in [2.45, 2.75) is 26.2 Å². The minimum atomic E-state index is -0.0667. The van der Waals surface area contributed by atoms with Gasteiger partial charge in [-0.3, -0.25) is 9.79 Å². The Hall–Kier alpha value is -1.98. The number of rotatable bonds is 5. The number of nitrogens with one attached hydrogen (secondary N) is 1. The van der Waals surface area contributed by atoms with Gasteiger partial charge in [0.05, 0.1) is 18.8 Å². The molecule has 1 aliphatic rings. The second kappa shape index (κ2) is 8.46. The highest BCUT2D eigenvalue weighted by Crippen LogP contribution is 2.18. The quantitative estimate of drug-likeness (QED) is 0.509. The molecule has 0 unspecified atom stereocenters. The first-order valence-corrected chi connectivity index (χ1v) is 7.89. The molecule has 122 valence electrons. The molecule has 0 amide bonds. The molecule has 1 aromatic heterocycles. The minimum absolute atomic E-state index is 0.0254. The van der Waals surface area contributed by atoms with Crippen LogP contribution in [-0.2, 0) is 16.0 Å². The Kier molecular flexibility index (Phi) is 6.30. The summed E-state index contributed by atoms with van der Waals surface area (Å²) >= 11 is 0. The predicted molar refractivity (Wildman–Crippen MR) is 84.7 cm³/mol. The summed E-state index contributed by atoms with van der Waals surface area (Å²) in [5, 5.41) is 3.35. The number of piperidine rings is 1. The first kappa shape index (κ1) is 16.4. The largest absolute Gasteiger partial charge is 0.469 e. The van der Waals surface area contributed by atoms with Crippen LogP contribution in [0.5, 0.6) is 0 Å². The molecule has 1 N–H and O–H groups in total. The van der Waals surface area contributed by atoms with E-state index in [0.29, 0.717) is 6.61 Å². The van der Waals surface area contributed by atoms with Crippen molar-refractivity contribution in [2.24, 2.45) is 10.9 Å². The van der Waals surface area contributed by atoms with Crippen molar-refractivity contribution in [2.75, 3.05) is 33.3 Å². The number of esters is 1. The molecule has 1 aromatic rings. The zero-order valence-corrected chi connectivity index (χ0v) is 13.4. The smallest absolute Gasteiger partial charge is 0.309 e. The summed E-state index contributed by atoms with van der Waals surface area (Å²) in [5.41, 5.74) is 0. The molecule has 0 aromatic carbocycles. The topological polar surface area (TPSA) is 67.1 Å². The number of nitrogens with zero attached hydrogens (tertiary/aromatic N) is 2. The molecule has 0 bridgehead atoms. The van der Waals surface area contributed by atoms with Gasteiger partial charge in [0, 0.05) is 33.1 Å². The summed E-state index contributed by atoms with van der Waals surface area (Å²) in [7, 11) is 1.78. The first-order valence-electron chi connectivity index (χ1n) is 7.89. The zero-order valence-electron chi connectivity index (χ0n) is 13.4. The Morgan fingerprint density at radius 3 is 2.86 bits per heavy atom. The van der Waals surface area contributed by atoms with Crippen LogP contribution in [0, 0.1) is 5.92 Å². The van der Waals surface area contributed by atoms with Gasteiger partial charge in [0.25, 0.3) is 0 Å². The predicted octanol–water partition coefficient (Wildman–Crippen LogP) is 1.67. The van der Waals surface area contributed by atoms with E-state index >= 15 is 0 Å². The number of hydrogen-bond donors (Lipinski definition) is 1. The molecule has 0 aliphatic carbocycles. The summed E-state index contributed by atoms with van der Waals surface area (Å²) in [6.07, 6.45) is 4.14. The van der Waals surface area contributed by atoms with Crippen LogP contribution < -0.4 is 5.32 Å². The van der Waals surface area contributed by atoms with E-state index in [4.69, 9.17) is 9.15 Å². The molecule has 0 atom stereocenters. The van der Waals surface area contributed by atoms with Crippen LogP contribution in [0.15, 0.2) is 27.8 Å². The molecule has 0 saturated carbocycles. The number of aliphatic imine (C=N–C) groups is 1. The number of carbonyl (C=O) groups is 1. The molecular formula is C16H25N3O3. The van der Waals surface area contributed by atoms with E-state index in [1.165, 1.54) is 0 Å². The Bertz CT molecular complexity index is 477. The maximum Gasteiger partial charge on any atom is 0.309 e. The molecular weight excluding hydrogens is 282 g/mol. The van der Waals surface area contributed by atoms with E-state index in [1.54, 1.807) is 13.3 Å². The molecule has 1 aliphatic heterocycles. The van der Waals surface area contributed by atoms with Crippen LogP contribution >= 0.6 is 0 Å². The van der Waals surface area contributed by atoms with Gasteiger partial charge in [-0.1, -0.05) is 0 Å². The third kappa shape index (κ3) is 4.51. The van der Waals surface area contributed by atoms with Crippen molar-refractivity contribution in [3.63, 3.8) is 0 Å². The number of hydrogen-bond acceptors (Lipinski definition) is 4. The van der Waals surface area contributed by atoms with Crippen LogP contribution in [0.25, 0.3) is 0 Å². The second-order valence-electron chi connectivity index (χ2n) is 5.32. The van der Waals surface area contributed by atoms with Gasteiger partial charge in [0.1, 0.15) is 5.76 Å². The van der Waals surface area contributed by atoms with Gasteiger partial charge in [0.2, 0.25) is 0 Å². The number of ether oxygens (including phenoxy) is 1. The molecule has 1 saturated heterocycles. The van der Waals surface area contributed by atoms with E-state index in [-0.39, 0.29) is 11.9 Å². The van der Waals surface area contributed by atoms with E-state index in [9.17, 15) is 4.79 Å². The normalized spacial score (nSPS) is 16.6. The highest BCUT2D eigenvalue weighted by molar-refractivity contribution is 5.80. The Morgan fingerprint density at radius 2 is 2.27 bits per heavy atom. The number of carbonyl (C=O) groups excluding carboxylic acids is 1. The molecule has 6 nitrogen and oxygen atoms in total. The van der Waals surface area contributed by atoms with Crippen molar-refractivity contribution >= 4 is 11.9 Å². The van der Waals surface area contributed by atoms with Gasteiger partial charge in [0.15, 0.2) is 5.96 Å². The number of furan rings is 1. The summed E-state index contributed by atoms with van der Waals surface area (Å²) in [6.45, 7) is 4.72. The van der Waals surface area contributed by atoms with E-state index < -0.39 is 0 Å². The summed E-state index contributed by atoms with van der Waals surface area (Å²) < 4.78 is 10.4. The lowest BCUT2D eigenvalue weighted by molar-refractivity contribution is -0.149. The Morgan fingerprint density at radius 1 is 1.50 bits per heavy atom. The van der Waals surface area contributed by atoms with Crippen LogP contribution in [0.3, 0.4) is 0 Å². The van der Waals surface area contributed by atoms with Crippen molar-refractivity contribution in [3.05, 3.63) is 24.2 Å². The first-order chi connectivity index (χ1) is 10.7. The van der Waals surface area contributed by atoms with Crippen molar-refractivity contribution in [3.8, 4) is 0 Å². The molecule has 1 fully saturated rings. The standard InChI is InChI=1S/C16H25N3O3/c1-3-21-15(20)13-7-10-19(11-8-13)16(17-2)18-9-6-14-5-4-12-22-14/h4-5,12-13H,3,6-11H2,1-2H3,(H,17,18). The maximum atomic E-state index is 11.8. The van der Waals surface area contributed by atoms with E-state index in [0.717, 1.165) is 50.6 Å². The SMILES string of the molecule is CCOC(=O)C1CCN(C(=NC)NCCc2ccco2)CC1. The van der Waals surface area contributed by atoms with E-state index in [2.05, 4.69) is 15.2 Å². The summed E-state index contributed by atoms with van der Waals surface area (Å²) in [6, 6.07) is 3.86. The lowest BCUT2D eigenvalue weighted by Gasteiger charge is -2.33. The van der Waals surface area contributed by atoms with Crippen LogP contribution in [0.1, 0.15) is 25.5 Å². The van der Waals surface area contributed by atoms with E-state index in [1.807, 2.05) is 19.1 Å². The second-order valence-corrected chi connectivity index (χ2v) is 5.32. The molecule has 0 radical (unpaired) electrons. The van der Waals surface area contributed by atoms with Crippen LogP contribution in [0.2, 0.25) is 0 Å². The molecule has 2 rings (SSSR count). The minimum Gasteiger partial charge on any atom is -0.469 e. The fraction of sp³-hybridized carbons (Fsp3) is 0.625. The van der Waals surface area contributed by atoms with Gasteiger partial charge < -0.3 is 19.4 Å². The summed E-state index contributed by atoms with van der Waals surface area (Å²) in [4.78, 5) is 18.3. The lowest BCUT2D eigenvalue weighted by Crippen LogP contribution is -2.47. The van der Waals surface area contributed by atoms with Crippen LogP contribution in [0.4, 0.5) is 0 Å². The van der Waals surface area contributed by atoms with Crippen molar-refractivity contribution in [1.82, 2.24) is 10.2 Å². The molecule has 22 heavy (non-hydrogen) atoms. The Balaban J connectivity index is 1.74.